The maximum absolute atomic E-state index is 12.6. The van der Waals surface area contributed by atoms with Crippen molar-refractivity contribution in [1.29, 1.82) is 0 Å². The van der Waals surface area contributed by atoms with Gasteiger partial charge >= 0.3 is 11.9 Å². The van der Waals surface area contributed by atoms with Crippen molar-refractivity contribution >= 4 is 11.9 Å². The van der Waals surface area contributed by atoms with Gasteiger partial charge in [0.25, 0.3) is 11.6 Å². The molecule has 4 rings (SSSR count). The standard InChI is InChI=1S/C30H26O5/c1-23(31)33-29(25-15-7-3-8-16-25,26-17-9-4-10-18-26)35-30(34-24(2)32,27-19-11-5-12-20-27)28-21-13-6-14-22-28/h3-22H,1-2H3. The van der Waals surface area contributed by atoms with E-state index < -0.39 is 23.5 Å². The summed E-state index contributed by atoms with van der Waals surface area (Å²) in [5.74, 6) is -4.60. The Labute approximate surface area is 204 Å². The van der Waals surface area contributed by atoms with E-state index in [1.54, 1.807) is 0 Å². The maximum Gasteiger partial charge on any atom is 0.305 e. The molecular formula is C30H26O5. The lowest BCUT2D eigenvalue weighted by molar-refractivity contribution is -0.320. The molecule has 4 aromatic rings. The van der Waals surface area contributed by atoms with Gasteiger partial charge in [-0.2, -0.15) is 0 Å². The van der Waals surface area contributed by atoms with Gasteiger partial charge in [-0.25, -0.2) is 0 Å². The first kappa shape index (κ1) is 23.9. The summed E-state index contributed by atoms with van der Waals surface area (Å²) in [6.45, 7) is 2.64. The first-order chi connectivity index (χ1) is 17.0. The highest BCUT2D eigenvalue weighted by molar-refractivity contribution is 5.68. The molecule has 5 nitrogen and oxygen atoms in total. The zero-order valence-electron chi connectivity index (χ0n) is 19.6. The van der Waals surface area contributed by atoms with Crippen LogP contribution in [0.4, 0.5) is 0 Å². The molecule has 0 fully saturated rings. The molecule has 0 atom stereocenters. The van der Waals surface area contributed by atoms with E-state index in [-0.39, 0.29) is 0 Å². The van der Waals surface area contributed by atoms with Gasteiger partial charge < -0.3 is 9.47 Å². The van der Waals surface area contributed by atoms with Crippen LogP contribution in [0.5, 0.6) is 0 Å². The molecule has 4 aromatic carbocycles. The normalized spacial score (nSPS) is 11.5. The van der Waals surface area contributed by atoms with Crippen LogP contribution in [0, 0.1) is 0 Å². The van der Waals surface area contributed by atoms with Crippen LogP contribution in [0.3, 0.4) is 0 Å². The molecule has 0 spiro atoms. The van der Waals surface area contributed by atoms with Crippen molar-refractivity contribution in [3.8, 4) is 0 Å². The van der Waals surface area contributed by atoms with Gasteiger partial charge in [-0.1, -0.05) is 121 Å². The molecular weight excluding hydrogens is 440 g/mol. The molecule has 0 radical (unpaired) electrons. The second-order valence-electron chi connectivity index (χ2n) is 7.99. The first-order valence-electron chi connectivity index (χ1n) is 11.3. The number of esters is 2. The Morgan fingerprint density at radius 3 is 0.886 bits per heavy atom. The summed E-state index contributed by atoms with van der Waals surface area (Å²) in [6, 6.07) is 36.6. The molecule has 0 amide bonds. The average molecular weight is 467 g/mol. The molecule has 176 valence electrons. The highest BCUT2D eigenvalue weighted by Gasteiger charge is 2.51. The SMILES string of the molecule is CC(=O)OC(OC(OC(C)=O)(c1ccccc1)c1ccccc1)(c1ccccc1)c1ccccc1. The molecule has 0 bridgehead atoms. The molecule has 0 aromatic heterocycles. The maximum atomic E-state index is 12.6. The van der Waals surface area contributed by atoms with Gasteiger partial charge in [0.15, 0.2) is 0 Å². The fraction of sp³-hybridized carbons (Fsp3) is 0.133. The smallest absolute Gasteiger partial charge is 0.305 e. The van der Waals surface area contributed by atoms with E-state index in [0.29, 0.717) is 22.3 Å². The van der Waals surface area contributed by atoms with Crippen molar-refractivity contribution in [2.45, 2.75) is 25.4 Å². The van der Waals surface area contributed by atoms with E-state index >= 15 is 0 Å². The minimum atomic E-state index is -1.74. The monoisotopic (exact) mass is 466 g/mol. The number of rotatable bonds is 8. The second-order valence-corrected chi connectivity index (χ2v) is 7.99. The van der Waals surface area contributed by atoms with E-state index in [4.69, 9.17) is 14.2 Å². The van der Waals surface area contributed by atoms with Crippen LogP contribution in [0.15, 0.2) is 121 Å². The lowest BCUT2D eigenvalue weighted by atomic mass is 9.92. The number of carbonyl (C=O) groups is 2. The molecule has 0 aliphatic rings. The Morgan fingerprint density at radius 2 is 0.686 bits per heavy atom. The zero-order chi connectivity index (χ0) is 24.7. The molecule has 35 heavy (non-hydrogen) atoms. The predicted molar refractivity (Wildman–Crippen MR) is 132 cm³/mol. The van der Waals surface area contributed by atoms with Crippen LogP contribution in [0.25, 0.3) is 0 Å². The summed E-state index contributed by atoms with van der Waals surface area (Å²) in [5.41, 5.74) is 2.24. The molecule has 0 saturated carbocycles. The highest BCUT2D eigenvalue weighted by atomic mass is 16.8. The summed E-state index contributed by atoms with van der Waals surface area (Å²) >= 11 is 0. The van der Waals surface area contributed by atoms with Crippen LogP contribution in [0.1, 0.15) is 36.1 Å². The van der Waals surface area contributed by atoms with Crippen molar-refractivity contribution in [2.75, 3.05) is 0 Å². The molecule has 0 N–H and O–H groups in total. The summed E-state index contributed by atoms with van der Waals surface area (Å²) in [4.78, 5) is 25.2. The van der Waals surface area contributed by atoms with Gasteiger partial charge in [-0.3, -0.25) is 14.3 Å². The van der Waals surface area contributed by atoms with Crippen LogP contribution in [-0.2, 0) is 35.4 Å². The lowest BCUT2D eigenvalue weighted by Crippen LogP contribution is -2.47. The Hall–Kier alpha value is -4.22. The number of ether oxygens (including phenoxy) is 3. The van der Waals surface area contributed by atoms with Crippen molar-refractivity contribution in [1.82, 2.24) is 0 Å². The van der Waals surface area contributed by atoms with Crippen molar-refractivity contribution in [3.05, 3.63) is 144 Å². The second kappa shape index (κ2) is 10.4. The average Bonchev–Trinajstić information content (AvgIpc) is 2.89. The van der Waals surface area contributed by atoms with E-state index in [0.717, 1.165) is 0 Å². The van der Waals surface area contributed by atoms with Gasteiger partial charge in [-0.15, -0.1) is 0 Å². The molecule has 0 aliphatic carbocycles. The zero-order valence-corrected chi connectivity index (χ0v) is 19.6. The van der Waals surface area contributed by atoms with Gasteiger partial charge in [0.05, 0.1) is 0 Å². The highest BCUT2D eigenvalue weighted by Crippen LogP contribution is 2.46. The third-order valence-electron chi connectivity index (χ3n) is 5.48. The first-order valence-corrected chi connectivity index (χ1v) is 11.3. The van der Waals surface area contributed by atoms with Crippen LogP contribution in [0.2, 0.25) is 0 Å². The van der Waals surface area contributed by atoms with Gasteiger partial charge in [0.1, 0.15) is 0 Å². The van der Waals surface area contributed by atoms with Crippen LogP contribution in [-0.4, -0.2) is 11.9 Å². The van der Waals surface area contributed by atoms with Crippen molar-refractivity contribution < 1.29 is 23.8 Å². The van der Waals surface area contributed by atoms with Gasteiger partial charge in [-0.05, 0) is 0 Å². The Kier molecular flexibility index (Phi) is 7.09. The van der Waals surface area contributed by atoms with E-state index in [9.17, 15) is 9.59 Å². The fourth-order valence-corrected chi connectivity index (χ4v) is 4.08. The molecule has 5 heteroatoms. The van der Waals surface area contributed by atoms with E-state index in [1.807, 2.05) is 121 Å². The molecule has 0 heterocycles. The summed E-state index contributed by atoms with van der Waals surface area (Å²) in [5, 5.41) is 0. The molecule has 0 aliphatic heterocycles. The third-order valence-corrected chi connectivity index (χ3v) is 5.48. The minimum Gasteiger partial charge on any atom is -0.424 e. The van der Waals surface area contributed by atoms with Crippen LogP contribution < -0.4 is 0 Å². The Morgan fingerprint density at radius 1 is 0.457 bits per heavy atom. The number of hydrogen-bond donors (Lipinski definition) is 0. The van der Waals surface area contributed by atoms with Crippen LogP contribution >= 0.6 is 0 Å². The minimum absolute atomic E-state index is 0.560. The summed E-state index contributed by atoms with van der Waals surface area (Å²) in [7, 11) is 0. The third kappa shape index (κ3) is 5.00. The lowest BCUT2D eigenvalue weighted by Gasteiger charge is -2.43. The number of hydrogen-bond acceptors (Lipinski definition) is 5. The molecule has 0 saturated heterocycles. The van der Waals surface area contributed by atoms with Crippen molar-refractivity contribution in [2.24, 2.45) is 0 Å². The van der Waals surface area contributed by atoms with Gasteiger partial charge in [0.2, 0.25) is 0 Å². The number of benzene rings is 4. The summed E-state index contributed by atoms with van der Waals surface area (Å²) in [6.07, 6.45) is 0. The largest absolute Gasteiger partial charge is 0.424 e. The van der Waals surface area contributed by atoms with E-state index in [2.05, 4.69) is 0 Å². The fourth-order valence-electron chi connectivity index (χ4n) is 4.08. The van der Waals surface area contributed by atoms with Gasteiger partial charge in [0, 0.05) is 36.1 Å². The topological polar surface area (TPSA) is 61.8 Å². The predicted octanol–water partition coefficient (Wildman–Crippen LogP) is 5.93. The van der Waals surface area contributed by atoms with Crippen molar-refractivity contribution in [3.63, 3.8) is 0 Å². The number of carbonyl (C=O) groups excluding carboxylic acids is 2. The Balaban J connectivity index is 2.07. The Bertz CT molecular complexity index is 1080. The van der Waals surface area contributed by atoms with E-state index in [1.165, 1.54) is 13.8 Å². The summed E-state index contributed by atoms with van der Waals surface area (Å²) < 4.78 is 19.0. The quantitative estimate of drug-likeness (QED) is 0.238. The molecule has 0 unspecified atom stereocenters.